The minimum atomic E-state index is -0.186. The van der Waals surface area contributed by atoms with Crippen LogP contribution in [0.15, 0.2) is 36.4 Å². The smallest absolute Gasteiger partial charge is 0.200 e. The van der Waals surface area contributed by atoms with Gasteiger partial charge in [0.2, 0.25) is 0 Å². The van der Waals surface area contributed by atoms with Crippen molar-refractivity contribution in [1.82, 2.24) is 30.2 Å². The van der Waals surface area contributed by atoms with Crippen molar-refractivity contribution < 1.29 is 4.39 Å². The molecule has 124 valence electrons. The van der Waals surface area contributed by atoms with Gasteiger partial charge in [0.1, 0.15) is 11.6 Å². The molecule has 0 atom stereocenters. The number of nitrogens with one attached hydrogen (secondary N) is 1. The minimum absolute atomic E-state index is 0.186. The highest BCUT2D eigenvalue weighted by Gasteiger charge is 2.19. The standard InChI is InChI=1S/C16H18FN7/c17-13-3-1-12(2-4-13)11-23-9-7-14(8-10-23)18-15-5-6-16-19-21-22-24(16)20-15/h1-6,14H,7-11H2,(H,18,20). The lowest BCUT2D eigenvalue weighted by atomic mass is 10.0. The number of nitrogens with zero attached hydrogens (tertiary/aromatic N) is 6. The zero-order chi connectivity index (χ0) is 16.4. The minimum Gasteiger partial charge on any atom is -0.366 e. The lowest BCUT2D eigenvalue weighted by molar-refractivity contribution is 0.211. The van der Waals surface area contributed by atoms with Crippen LogP contribution in [0, 0.1) is 5.82 Å². The Morgan fingerprint density at radius 3 is 2.67 bits per heavy atom. The molecule has 1 N–H and O–H groups in total. The number of rotatable bonds is 4. The van der Waals surface area contributed by atoms with Gasteiger partial charge < -0.3 is 5.32 Å². The third-order valence-corrected chi connectivity index (χ3v) is 4.33. The highest BCUT2D eigenvalue weighted by atomic mass is 19.1. The second kappa shape index (κ2) is 6.48. The van der Waals surface area contributed by atoms with E-state index in [-0.39, 0.29) is 5.82 Å². The van der Waals surface area contributed by atoms with Gasteiger partial charge in [0.25, 0.3) is 0 Å². The number of tetrazole rings is 1. The molecule has 1 aromatic carbocycles. The predicted molar refractivity (Wildman–Crippen MR) is 86.9 cm³/mol. The van der Waals surface area contributed by atoms with Crippen LogP contribution in [0.25, 0.3) is 5.65 Å². The first kappa shape index (κ1) is 14.9. The first-order valence-corrected chi connectivity index (χ1v) is 8.05. The average molecular weight is 327 g/mol. The Hall–Kier alpha value is -2.61. The number of fused-ring (bicyclic) bond motifs is 1. The summed E-state index contributed by atoms with van der Waals surface area (Å²) < 4.78 is 14.4. The van der Waals surface area contributed by atoms with Gasteiger partial charge in [0, 0.05) is 25.7 Å². The van der Waals surface area contributed by atoms with E-state index in [4.69, 9.17) is 0 Å². The monoisotopic (exact) mass is 327 g/mol. The van der Waals surface area contributed by atoms with Crippen molar-refractivity contribution in [3.8, 4) is 0 Å². The zero-order valence-corrected chi connectivity index (χ0v) is 13.1. The predicted octanol–water partition coefficient (Wildman–Crippen LogP) is 1.73. The number of halogens is 1. The number of likely N-dealkylation sites (tertiary alicyclic amines) is 1. The van der Waals surface area contributed by atoms with E-state index in [1.807, 2.05) is 24.3 Å². The quantitative estimate of drug-likeness (QED) is 0.787. The van der Waals surface area contributed by atoms with Crippen LogP contribution in [-0.2, 0) is 6.54 Å². The Labute approximate surface area is 138 Å². The zero-order valence-electron chi connectivity index (χ0n) is 13.1. The van der Waals surface area contributed by atoms with E-state index < -0.39 is 0 Å². The van der Waals surface area contributed by atoms with E-state index in [9.17, 15) is 4.39 Å². The Morgan fingerprint density at radius 1 is 1.08 bits per heavy atom. The molecule has 7 nitrogen and oxygen atoms in total. The van der Waals surface area contributed by atoms with Gasteiger partial charge in [-0.15, -0.1) is 14.8 Å². The first-order chi connectivity index (χ1) is 11.8. The molecule has 1 aliphatic heterocycles. The van der Waals surface area contributed by atoms with Crippen molar-refractivity contribution >= 4 is 11.5 Å². The van der Waals surface area contributed by atoms with Gasteiger partial charge in [-0.1, -0.05) is 12.1 Å². The largest absolute Gasteiger partial charge is 0.366 e. The first-order valence-electron chi connectivity index (χ1n) is 8.05. The molecule has 3 heterocycles. The summed E-state index contributed by atoms with van der Waals surface area (Å²) in [5.41, 5.74) is 1.78. The van der Waals surface area contributed by atoms with Crippen molar-refractivity contribution in [3.05, 3.63) is 47.8 Å². The summed E-state index contributed by atoms with van der Waals surface area (Å²) in [5.74, 6) is 0.598. The van der Waals surface area contributed by atoms with E-state index >= 15 is 0 Å². The fourth-order valence-electron chi connectivity index (χ4n) is 3.02. The number of benzene rings is 1. The normalized spacial score (nSPS) is 16.5. The summed E-state index contributed by atoms with van der Waals surface area (Å²) in [4.78, 5) is 2.39. The topological polar surface area (TPSA) is 71.2 Å². The Bertz CT molecular complexity index is 809. The summed E-state index contributed by atoms with van der Waals surface area (Å²) in [6, 6.07) is 10.9. The summed E-state index contributed by atoms with van der Waals surface area (Å²) in [6.07, 6.45) is 2.08. The highest BCUT2D eigenvalue weighted by Crippen LogP contribution is 2.17. The molecule has 0 bridgehead atoms. The second-order valence-electron chi connectivity index (χ2n) is 6.07. The Morgan fingerprint density at radius 2 is 1.88 bits per heavy atom. The van der Waals surface area contributed by atoms with Crippen molar-refractivity contribution in [2.75, 3.05) is 18.4 Å². The van der Waals surface area contributed by atoms with Crippen LogP contribution in [0.2, 0.25) is 0 Å². The molecule has 1 saturated heterocycles. The Kier molecular flexibility index (Phi) is 4.04. The molecular weight excluding hydrogens is 309 g/mol. The molecule has 3 aromatic rings. The summed E-state index contributed by atoms with van der Waals surface area (Å²) >= 11 is 0. The number of piperidine rings is 1. The van der Waals surface area contributed by atoms with Crippen molar-refractivity contribution in [1.29, 1.82) is 0 Å². The molecule has 4 rings (SSSR count). The van der Waals surface area contributed by atoms with E-state index in [1.54, 1.807) is 0 Å². The van der Waals surface area contributed by atoms with Crippen LogP contribution in [0.4, 0.5) is 10.2 Å². The maximum absolute atomic E-state index is 13.0. The lowest BCUT2D eigenvalue weighted by Gasteiger charge is -2.32. The van der Waals surface area contributed by atoms with Gasteiger partial charge in [0.05, 0.1) is 0 Å². The molecule has 24 heavy (non-hydrogen) atoms. The molecule has 1 aliphatic rings. The SMILES string of the molecule is Fc1ccc(CN2CCC(Nc3ccc4nnnn4n3)CC2)cc1. The number of anilines is 1. The van der Waals surface area contributed by atoms with Crippen molar-refractivity contribution in [2.24, 2.45) is 0 Å². The fraction of sp³-hybridized carbons (Fsp3) is 0.375. The van der Waals surface area contributed by atoms with Crippen molar-refractivity contribution in [3.63, 3.8) is 0 Å². The average Bonchev–Trinajstić information content (AvgIpc) is 3.06. The number of aromatic nitrogens is 5. The number of hydrogen-bond acceptors (Lipinski definition) is 6. The maximum atomic E-state index is 13.0. The molecule has 2 aromatic heterocycles. The summed E-state index contributed by atoms with van der Waals surface area (Å²) in [7, 11) is 0. The van der Waals surface area contributed by atoms with Crippen LogP contribution in [0.1, 0.15) is 18.4 Å². The Balaban J connectivity index is 1.31. The maximum Gasteiger partial charge on any atom is 0.200 e. The molecule has 0 aliphatic carbocycles. The van der Waals surface area contributed by atoms with Crippen LogP contribution >= 0.6 is 0 Å². The molecule has 8 heteroatoms. The molecule has 0 saturated carbocycles. The van der Waals surface area contributed by atoms with Crippen LogP contribution in [0.5, 0.6) is 0 Å². The van der Waals surface area contributed by atoms with E-state index in [2.05, 4.69) is 30.8 Å². The van der Waals surface area contributed by atoms with Gasteiger partial charge in [-0.05, 0) is 53.1 Å². The van der Waals surface area contributed by atoms with Crippen molar-refractivity contribution in [2.45, 2.75) is 25.4 Å². The lowest BCUT2D eigenvalue weighted by Crippen LogP contribution is -2.38. The molecule has 0 spiro atoms. The van der Waals surface area contributed by atoms with E-state index in [1.165, 1.54) is 16.8 Å². The van der Waals surface area contributed by atoms with Gasteiger partial charge >= 0.3 is 0 Å². The molecule has 1 fully saturated rings. The van der Waals surface area contributed by atoms with Crippen LogP contribution in [0.3, 0.4) is 0 Å². The fourth-order valence-corrected chi connectivity index (χ4v) is 3.02. The van der Waals surface area contributed by atoms with E-state index in [0.29, 0.717) is 11.7 Å². The molecule has 0 unspecified atom stereocenters. The number of hydrogen-bond donors (Lipinski definition) is 1. The van der Waals surface area contributed by atoms with Crippen LogP contribution in [-0.4, -0.2) is 49.3 Å². The molecular formula is C16H18FN7. The summed E-state index contributed by atoms with van der Waals surface area (Å²) in [5, 5.41) is 19.0. The molecule has 0 amide bonds. The van der Waals surface area contributed by atoms with Gasteiger partial charge in [0.15, 0.2) is 5.65 Å². The van der Waals surface area contributed by atoms with E-state index in [0.717, 1.165) is 43.9 Å². The summed E-state index contributed by atoms with van der Waals surface area (Å²) in [6.45, 7) is 2.87. The van der Waals surface area contributed by atoms with Gasteiger partial charge in [-0.25, -0.2) is 4.39 Å². The van der Waals surface area contributed by atoms with Crippen LogP contribution < -0.4 is 5.32 Å². The highest BCUT2D eigenvalue weighted by molar-refractivity contribution is 5.42. The van der Waals surface area contributed by atoms with Gasteiger partial charge in [-0.3, -0.25) is 4.90 Å². The third kappa shape index (κ3) is 3.33. The third-order valence-electron chi connectivity index (χ3n) is 4.33. The second-order valence-corrected chi connectivity index (χ2v) is 6.07. The van der Waals surface area contributed by atoms with Gasteiger partial charge in [-0.2, -0.15) is 0 Å². The molecule has 0 radical (unpaired) electrons.